The van der Waals surface area contributed by atoms with E-state index in [0.717, 1.165) is 18.5 Å². The lowest BCUT2D eigenvalue weighted by atomic mass is 10.1. The molecule has 1 aliphatic carbocycles. The molecule has 0 unspecified atom stereocenters. The maximum absolute atomic E-state index is 8.44. The highest BCUT2D eigenvalue weighted by Gasteiger charge is 2.11. The third kappa shape index (κ3) is 1.70. The molecule has 0 saturated carbocycles. The summed E-state index contributed by atoms with van der Waals surface area (Å²) in [6.07, 6.45) is 4.91. The second kappa shape index (κ2) is 3.57. The molecule has 0 spiro atoms. The summed E-state index contributed by atoms with van der Waals surface area (Å²) in [5, 5.41) is 8.44. The van der Waals surface area contributed by atoms with Crippen LogP contribution in [0.4, 0.5) is 0 Å². The summed E-state index contributed by atoms with van der Waals surface area (Å²) < 4.78 is 0. The van der Waals surface area contributed by atoms with Crippen LogP contribution >= 0.6 is 0 Å². The van der Waals surface area contributed by atoms with E-state index >= 15 is 0 Å². The number of fused-ring (bicyclic) bond motifs is 1. The normalized spacial score (nSPS) is 13.8. The van der Waals surface area contributed by atoms with E-state index in [2.05, 4.69) is 23.2 Å². The summed E-state index contributed by atoms with van der Waals surface area (Å²) >= 11 is 0. The Hall–Kier alpha value is -1.36. The molecule has 1 aromatic rings. The summed E-state index contributed by atoms with van der Waals surface area (Å²) in [4.78, 5) is 4.54. The summed E-state index contributed by atoms with van der Waals surface area (Å²) in [6.45, 7) is 0. The van der Waals surface area contributed by atoms with Gasteiger partial charge in [-0.15, -0.1) is 0 Å². The van der Waals surface area contributed by atoms with Crippen molar-refractivity contribution in [2.24, 2.45) is 0 Å². The van der Waals surface area contributed by atoms with Gasteiger partial charge in [0, 0.05) is 24.2 Å². The molecule has 0 N–H and O–H groups in total. The van der Waals surface area contributed by atoms with E-state index in [0.29, 0.717) is 6.42 Å². The van der Waals surface area contributed by atoms with Crippen LogP contribution in [0, 0.1) is 11.3 Å². The second-order valence-corrected chi connectivity index (χ2v) is 3.42. The van der Waals surface area contributed by atoms with E-state index in [9.17, 15) is 0 Å². The van der Waals surface area contributed by atoms with Gasteiger partial charge in [-0.2, -0.15) is 5.26 Å². The van der Waals surface area contributed by atoms with Gasteiger partial charge in [-0.25, -0.2) is 0 Å². The van der Waals surface area contributed by atoms with Gasteiger partial charge < -0.3 is 0 Å². The Morgan fingerprint density at radius 1 is 1.38 bits per heavy atom. The number of pyridine rings is 1. The molecule has 0 amide bonds. The Kier molecular flexibility index (Phi) is 2.27. The highest BCUT2D eigenvalue weighted by atomic mass is 14.7. The Labute approximate surface area is 78.2 Å². The van der Waals surface area contributed by atoms with Crippen LogP contribution in [0.3, 0.4) is 0 Å². The van der Waals surface area contributed by atoms with Crippen molar-refractivity contribution in [2.75, 3.05) is 0 Å². The van der Waals surface area contributed by atoms with E-state index in [1.54, 1.807) is 0 Å². The maximum Gasteiger partial charge on any atom is 0.0625 e. The van der Waals surface area contributed by atoms with Crippen molar-refractivity contribution in [2.45, 2.75) is 32.1 Å². The third-order valence-corrected chi connectivity index (χ3v) is 2.48. The average molecular weight is 172 g/mol. The number of hydrogen-bond donors (Lipinski definition) is 0. The molecule has 2 nitrogen and oxygen atoms in total. The van der Waals surface area contributed by atoms with Gasteiger partial charge in [-0.1, -0.05) is 6.07 Å². The van der Waals surface area contributed by atoms with Gasteiger partial charge in [0.1, 0.15) is 0 Å². The van der Waals surface area contributed by atoms with Crippen molar-refractivity contribution >= 4 is 0 Å². The first-order valence-corrected chi connectivity index (χ1v) is 4.75. The molecular weight excluding hydrogens is 160 g/mol. The van der Waals surface area contributed by atoms with Crippen LogP contribution in [0.25, 0.3) is 0 Å². The number of nitriles is 1. The lowest BCUT2D eigenvalue weighted by Crippen LogP contribution is -1.94. The monoisotopic (exact) mass is 172 g/mol. The molecule has 0 radical (unpaired) electrons. The molecule has 0 saturated heterocycles. The molecular formula is C11H12N2. The van der Waals surface area contributed by atoms with Crippen molar-refractivity contribution in [1.82, 2.24) is 4.98 Å². The summed E-state index contributed by atoms with van der Waals surface area (Å²) in [6, 6.07) is 6.37. The SMILES string of the molecule is N#CCCc1ccc2c(n1)CCC2. The molecule has 66 valence electrons. The number of aryl methyl sites for hydroxylation is 3. The van der Waals surface area contributed by atoms with Gasteiger partial charge in [0.25, 0.3) is 0 Å². The quantitative estimate of drug-likeness (QED) is 0.684. The summed E-state index contributed by atoms with van der Waals surface area (Å²) in [5.74, 6) is 0. The van der Waals surface area contributed by atoms with E-state index in [1.165, 1.54) is 24.1 Å². The number of hydrogen-bond acceptors (Lipinski definition) is 2. The van der Waals surface area contributed by atoms with Gasteiger partial charge in [-0.05, 0) is 30.9 Å². The zero-order valence-corrected chi connectivity index (χ0v) is 7.58. The second-order valence-electron chi connectivity index (χ2n) is 3.42. The minimum atomic E-state index is 0.575. The number of aromatic nitrogens is 1. The molecule has 2 heteroatoms. The van der Waals surface area contributed by atoms with Gasteiger partial charge in [0.05, 0.1) is 6.07 Å². The molecule has 2 rings (SSSR count). The van der Waals surface area contributed by atoms with Crippen LogP contribution in [0.5, 0.6) is 0 Å². The zero-order valence-electron chi connectivity index (χ0n) is 7.58. The predicted molar refractivity (Wildman–Crippen MR) is 50.2 cm³/mol. The van der Waals surface area contributed by atoms with E-state index in [1.807, 2.05) is 0 Å². The standard InChI is InChI=1S/C11H12N2/c12-8-2-4-10-7-6-9-3-1-5-11(9)13-10/h6-7H,1-5H2. The highest BCUT2D eigenvalue weighted by molar-refractivity contribution is 5.27. The number of nitrogens with zero attached hydrogens (tertiary/aromatic N) is 2. The van der Waals surface area contributed by atoms with E-state index in [-0.39, 0.29) is 0 Å². The fourth-order valence-corrected chi connectivity index (χ4v) is 1.79. The van der Waals surface area contributed by atoms with Crippen LogP contribution in [0.1, 0.15) is 29.8 Å². The van der Waals surface area contributed by atoms with Crippen molar-refractivity contribution in [1.29, 1.82) is 5.26 Å². The molecule has 0 fully saturated rings. The van der Waals surface area contributed by atoms with Crippen LogP contribution in [0.2, 0.25) is 0 Å². The predicted octanol–water partition coefficient (Wildman–Crippen LogP) is 2.03. The largest absolute Gasteiger partial charge is 0.258 e. The summed E-state index contributed by atoms with van der Waals surface area (Å²) in [5.41, 5.74) is 3.73. The first-order valence-electron chi connectivity index (χ1n) is 4.75. The van der Waals surface area contributed by atoms with Crippen molar-refractivity contribution in [3.05, 3.63) is 29.1 Å². The van der Waals surface area contributed by atoms with E-state index < -0.39 is 0 Å². The molecule has 13 heavy (non-hydrogen) atoms. The molecule has 1 aliphatic rings. The molecule has 0 aromatic carbocycles. The van der Waals surface area contributed by atoms with Gasteiger partial charge in [0.15, 0.2) is 0 Å². The van der Waals surface area contributed by atoms with Crippen molar-refractivity contribution < 1.29 is 0 Å². The highest BCUT2D eigenvalue weighted by Crippen LogP contribution is 2.20. The maximum atomic E-state index is 8.44. The Morgan fingerprint density at radius 2 is 2.31 bits per heavy atom. The molecule has 0 atom stereocenters. The van der Waals surface area contributed by atoms with E-state index in [4.69, 9.17) is 5.26 Å². The first-order chi connectivity index (χ1) is 6.40. The Balaban J connectivity index is 2.17. The van der Waals surface area contributed by atoms with Gasteiger partial charge >= 0.3 is 0 Å². The van der Waals surface area contributed by atoms with Crippen LogP contribution in [-0.2, 0) is 19.3 Å². The van der Waals surface area contributed by atoms with Crippen LogP contribution in [-0.4, -0.2) is 4.98 Å². The third-order valence-electron chi connectivity index (χ3n) is 2.48. The first kappa shape index (κ1) is 8.25. The Morgan fingerprint density at radius 3 is 3.15 bits per heavy atom. The Bertz CT molecular complexity index is 350. The smallest absolute Gasteiger partial charge is 0.0625 e. The average Bonchev–Trinajstić information content (AvgIpc) is 2.61. The topological polar surface area (TPSA) is 36.7 Å². The van der Waals surface area contributed by atoms with Crippen molar-refractivity contribution in [3.8, 4) is 6.07 Å². The fraction of sp³-hybridized carbons (Fsp3) is 0.455. The minimum Gasteiger partial charge on any atom is -0.258 e. The minimum absolute atomic E-state index is 0.575. The number of rotatable bonds is 2. The zero-order chi connectivity index (χ0) is 9.10. The lowest BCUT2D eigenvalue weighted by molar-refractivity contribution is 0.882. The van der Waals surface area contributed by atoms with Crippen LogP contribution < -0.4 is 0 Å². The van der Waals surface area contributed by atoms with Gasteiger partial charge in [-0.3, -0.25) is 4.98 Å². The van der Waals surface area contributed by atoms with Crippen LogP contribution in [0.15, 0.2) is 12.1 Å². The molecule has 0 aliphatic heterocycles. The summed E-state index contributed by atoms with van der Waals surface area (Å²) in [7, 11) is 0. The molecule has 1 heterocycles. The van der Waals surface area contributed by atoms with Gasteiger partial charge in [0.2, 0.25) is 0 Å². The van der Waals surface area contributed by atoms with Crippen molar-refractivity contribution in [3.63, 3.8) is 0 Å². The molecule has 0 bridgehead atoms. The molecule has 1 aromatic heterocycles. The fourth-order valence-electron chi connectivity index (χ4n) is 1.79. The lowest BCUT2D eigenvalue weighted by Gasteiger charge is -2.01.